The summed E-state index contributed by atoms with van der Waals surface area (Å²) in [6.07, 6.45) is 2.75. The van der Waals surface area contributed by atoms with Gasteiger partial charge >= 0.3 is 6.01 Å². The van der Waals surface area contributed by atoms with Gasteiger partial charge in [-0.15, -0.1) is 0 Å². The zero-order chi connectivity index (χ0) is 13.7. The van der Waals surface area contributed by atoms with Crippen LogP contribution in [0.15, 0.2) is 12.3 Å². The van der Waals surface area contributed by atoms with E-state index in [0.29, 0.717) is 30.1 Å². The van der Waals surface area contributed by atoms with Gasteiger partial charge in [0.2, 0.25) is 5.95 Å². The molecule has 0 amide bonds. The molecule has 0 unspecified atom stereocenters. The first-order valence-electron chi connectivity index (χ1n) is 6.35. The van der Waals surface area contributed by atoms with Crippen molar-refractivity contribution in [2.45, 2.75) is 20.3 Å². The largest absolute Gasteiger partial charge is 0.463 e. The summed E-state index contributed by atoms with van der Waals surface area (Å²) in [5, 5.41) is 7.35. The van der Waals surface area contributed by atoms with Crippen LogP contribution < -0.4 is 10.1 Å². The van der Waals surface area contributed by atoms with E-state index in [2.05, 4.69) is 25.4 Å². The van der Waals surface area contributed by atoms with Crippen LogP contribution in [0.2, 0.25) is 0 Å². The number of aromatic nitrogens is 5. The summed E-state index contributed by atoms with van der Waals surface area (Å²) >= 11 is 0. The number of hydrogen-bond acceptors (Lipinski definition) is 6. The molecule has 0 aliphatic carbocycles. The Kier molecular flexibility index (Phi) is 4.27. The normalized spacial score (nSPS) is 10.5. The predicted octanol–water partition coefficient (Wildman–Crippen LogP) is 1.49. The van der Waals surface area contributed by atoms with Crippen molar-refractivity contribution in [3.8, 4) is 17.5 Å². The van der Waals surface area contributed by atoms with Crippen molar-refractivity contribution in [2.24, 2.45) is 7.05 Å². The summed E-state index contributed by atoms with van der Waals surface area (Å²) in [4.78, 5) is 12.8. The van der Waals surface area contributed by atoms with Crippen molar-refractivity contribution < 1.29 is 4.74 Å². The van der Waals surface area contributed by atoms with Crippen LogP contribution in [0.5, 0.6) is 6.01 Å². The van der Waals surface area contributed by atoms with E-state index in [4.69, 9.17) is 4.74 Å². The van der Waals surface area contributed by atoms with E-state index in [-0.39, 0.29) is 0 Å². The van der Waals surface area contributed by atoms with Gasteiger partial charge in [0.25, 0.3) is 0 Å². The number of aryl methyl sites for hydroxylation is 1. The third kappa shape index (κ3) is 3.40. The molecule has 2 aromatic heterocycles. The number of ether oxygens (including phenoxy) is 1. The van der Waals surface area contributed by atoms with E-state index in [9.17, 15) is 0 Å². The Hall–Kier alpha value is -2.18. The molecule has 2 rings (SSSR count). The lowest BCUT2D eigenvalue weighted by molar-refractivity contribution is 0.292. The van der Waals surface area contributed by atoms with E-state index in [1.165, 1.54) is 0 Å². The minimum atomic E-state index is 0.327. The Bertz CT molecular complexity index is 539. The SMILES string of the molecule is CCCOc1nc(NCC)nc(-c2ccn(C)n2)n1. The number of nitrogens with zero attached hydrogens (tertiary/aromatic N) is 5. The Morgan fingerprint density at radius 2 is 2.11 bits per heavy atom. The Morgan fingerprint density at radius 3 is 2.74 bits per heavy atom. The number of anilines is 1. The molecule has 0 aliphatic rings. The maximum absolute atomic E-state index is 5.47. The molecule has 0 spiro atoms. The molecule has 19 heavy (non-hydrogen) atoms. The molecular formula is C12H18N6O. The lowest BCUT2D eigenvalue weighted by Gasteiger charge is -2.07. The molecule has 0 fully saturated rings. The van der Waals surface area contributed by atoms with Crippen LogP contribution in [0.25, 0.3) is 11.5 Å². The van der Waals surface area contributed by atoms with Crippen LogP contribution in [-0.4, -0.2) is 37.9 Å². The second-order valence-corrected chi connectivity index (χ2v) is 4.02. The highest BCUT2D eigenvalue weighted by atomic mass is 16.5. The van der Waals surface area contributed by atoms with Crippen LogP contribution >= 0.6 is 0 Å². The smallest absolute Gasteiger partial charge is 0.321 e. The van der Waals surface area contributed by atoms with E-state index in [0.717, 1.165) is 13.0 Å². The molecule has 7 heteroatoms. The molecule has 102 valence electrons. The molecule has 0 saturated heterocycles. The van der Waals surface area contributed by atoms with Gasteiger partial charge in [-0.25, -0.2) is 0 Å². The molecular weight excluding hydrogens is 244 g/mol. The van der Waals surface area contributed by atoms with Gasteiger partial charge in [-0.1, -0.05) is 6.92 Å². The molecule has 2 aromatic rings. The van der Waals surface area contributed by atoms with Gasteiger partial charge in [-0.3, -0.25) is 4.68 Å². The molecule has 7 nitrogen and oxygen atoms in total. The monoisotopic (exact) mass is 262 g/mol. The summed E-state index contributed by atoms with van der Waals surface area (Å²) in [6, 6.07) is 2.18. The van der Waals surface area contributed by atoms with Crippen molar-refractivity contribution in [3.63, 3.8) is 0 Å². The highest BCUT2D eigenvalue weighted by Crippen LogP contribution is 2.16. The van der Waals surface area contributed by atoms with Gasteiger partial charge in [0, 0.05) is 19.8 Å². The maximum Gasteiger partial charge on any atom is 0.321 e. The summed E-state index contributed by atoms with van der Waals surface area (Å²) < 4.78 is 7.18. The fourth-order valence-corrected chi connectivity index (χ4v) is 1.50. The fraction of sp³-hybridized carbons (Fsp3) is 0.500. The van der Waals surface area contributed by atoms with Gasteiger partial charge in [0.15, 0.2) is 5.82 Å². The summed E-state index contributed by atoms with van der Waals surface area (Å²) in [5.74, 6) is 1.02. The molecule has 0 radical (unpaired) electrons. The van der Waals surface area contributed by atoms with E-state index in [1.54, 1.807) is 4.68 Å². The Morgan fingerprint density at radius 1 is 1.26 bits per heavy atom. The quantitative estimate of drug-likeness (QED) is 0.850. The van der Waals surface area contributed by atoms with Crippen LogP contribution in [-0.2, 0) is 7.05 Å². The Balaban J connectivity index is 2.33. The molecule has 0 atom stereocenters. The fourth-order valence-electron chi connectivity index (χ4n) is 1.50. The average Bonchev–Trinajstić information content (AvgIpc) is 2.83. The summed E-state index contributed by atoms with van der Waals surface area (Å²) in [7, 11) is 1.85. The van der Waals surface area contributed by atoms with Gasteiger partial charge in [0.1, 0.15) is 5.69 Å². The first-order chi connectivity index (χ1) is 9.22. The number of hydrogen-bond donors (Lipinski definition) is 1. The summed E-state index contributed by atoms with van der Waals surface area (Å²) in [6.45, 7) is 5.33. The van der Waals surface area contributed by atoms with Gasteiger partial charge < -0.3 is 10.1 Å². The minimum absolute atomic E-state index is 0.327. The topological polar surface area (TPSA) is 77.8 Å². The third-order valence-electron chi connectivity index (χ3n) is 2.33. The zero-order valence-corrected chi connectivity index (χ0v) is 11.4. The predicted molar refractivity (Wildman–Crippen MR) is 72.0 cm³/mol. The van der Waals surface area contributed by atoms with Crippen molar-refractivity contribution in [3.05, 3.63) is 12.3 Å². The zero-order valence-electron chi connectivity index (χ0n) is 11.4. The molecule has 1 N–H and O–H groups in total. The maximum atomic E-state index is 5.47. The summed E-state index contributed by atoms with van der Waals surface area (Å²) in [5.41, 5.74) is 0.699. The van der Waals surface area contributed by atoms with Crippen LogP contribution in [0.1, 0.15) is 20.3 Å². The molecule has 0 bridgehead atoms. The molecule has 0 saturated carbocycles. The number of nitrogens with one attached hydrogen (secondary N) is 1. The van der Waals surface area contributed by atoms with E-state index < -0.39 is 0 Å². The van der Waals surface area contributed by atoms with Crippen LogP contribution in [0.3, 0.4) is 0 Å². The number of rotatable bonds is 6. The van der Waals surface area contributed by atoms with Crippen LogP contribution in [0, 0.1) is 0 Å². The average molecular weight is 262 g/mol. The standard InChI is InChI=1S/C12H18N6O/c1-4-8-19-12-15-10(9-6-7-18(3)17-9)14-11(16-12)13-5-2/h6-7H,4-5,8H2,1-3H3,(H,13,14,15,16). The first-order valence-corrected chi connectivity index (χ1v) is 6.35. The molecule has 2 heterocycles. The lowest BCUT2D eigenvalue weighted by Crippen LogP contribution is -2.08. The van der Waals surface area contributed by atoms with E-state index >= 15 is 0 Å². The highest BCUT2D eigenvalue weighted by molar-refractivity contribution is 5.50. The van der Waals surface area contributed by atoms with E-state index in [1.807, 2.05) is 33.2 Å². The lowest BCUT2D eigenvalue weighted by atomic mass is 10.4. The highest BCUT2D eigenvalue weighted by Gasteiger charge is 2.11. The van der Waals surface area contributed by atoms with Gasteiger partial charge in [-0.2, -0.15) is 20.1 Å². The first kappa shape index (κ1) is 13.3. The second-order valence-electron chi connectivity index (χ2n) is 4.02. The minimum Gasteiger partial charge on any atom is -0.463 e. The second kappa shape index (κ2) is 6.12. The van der Waals surface area contributed by atoms with Crippen molar-refractivity contribution >= 4 is 5.95 Å². The Labute approximate surface area is 112 Å². The third-order valence-corrected chi connectivity index (χ3v) is 2.33. The van der Waals surface area contributed by atoms with Gasteiger partial charge in [0.05, 0.1) is 6.61 Å². The van der Waals surface area contributed by atoms with Crippen LogP contribution in [0.4, 0.5) is 5.95 Å². The van der Waals surface area contributed by atoms with Crippen molar-refractivity contribution in [2.75, 3.05) is 18.5 Å². The van der Waals surface area contributed by atoms with Gasteiger partial charge in [-0.05, 0) is 19.4 Å². The van der Waals surface area contributed by atoms with Crippen molar-refractivity contribution in [1.29, 1.82) is 0 Å². The van der Waals surface area contributed by atoms with Crippen molar-refractivity contribution in [1.82, 2.24) is 24.7 Å². The molecule has 0 aromatic carbocycles. The molecule has 0 aliphatic heterocycles.